The number of likely N-dealkylation sites (tertiary alicyclic amines) is 1. The molecular formula is C27H27ClF2N4O2. The molecule has 2 heterocycles. The Hall–Kier alpha value is -3.31. The summed E-state index contributed by atoms with van der Waals surface area (Å²) in [6, 6.07) is 7.02. The van der Waals surface area contributed by atoms with E-state index in [0.29, 0.717) is 47.9 Å². The number of piperidine rings is 1. The van der Waals surface area contributed by atoms with Gasteiger partial charge in [0, 0.05) is 48.8 Å². The van der Waals surface area contributed by atoms with E-state index in [1.54, 1.807) is 17.9 Å². The maximum Gasteiger partial charge on any atom is 0.257 e. The number of nitrogens with one attached hydrogen (secondary N) is 1. The van der Waals surface area contributed by atoms with Crippen LogP contribution in [0.25, 0.3) is 6.08 Å². The molecule has 1 aromatic heterocycles. The summed E-state index contributed by atoms with van der Waals surface area (Å²) in [4.78, 5) is 31.3. The third-order valence-electron chi connectivity index (χ3n) is 6.96. The molecule has 9 heteroatoms. The minimum atomic E-state index is -2.73. The van der Waals surface area contributed by atoms with Crippen molar-refractivity contribution in [2.24, 2.45) is 5.92 Å². The van der Waals surface area contributed by atoms with Crippen molar-refractivity contribution in [1.82, 2.24) is 9.88 Å². The number of nitrogens with zero attached hydrogens (tertiary/aromatic N) is 3. The van der Waals surface area contributed by atoms with E-state index in [4.69, 9.17) is 11.6 Å². The van der Waals surface area contributed by atoms with Crippen molar-refractivity contribution >= 4 is 35.2 Å². The molecule has 188 valence electrons. The summed E-state index contributed by atoms with van der Waals surface area (Å²) in [6.45, 7) is 4.58. The monoisotopic (exact) mass is 512 g/mol. The van der Waals surface area contributed by atoms with E-state index < -0.39 is 17.7 Å². The molecule has 0 spiro atoms. The number of amides is 2. The van der Waals surface area contributed by atoms with Crippen molar-refractivity contribution in [3.8, 4) is 6.07 Å². The van der Waals surface area contributed by atoms with Gasteiger partial charge in [-0.3, -0.25) is 14.6 Å². The van der Waals surface area contributed by atoms with Gasteiger partial charge < -0.3 is 10.2 Å². The molecule has 4 rings (SSSR count). The number of hydrogen-bond acceptors (Lipinski definition) is 4. The van der Waals surface area contributed by atoms with Gasteiger partial charge in [0.1, 0.15) is 6.07 Å². The first-order valence-electron chi connectivity index (χ1n) is 11.9. The number of benzene rings is 1. The first-order chi connectivity index (χ1) is 17.1. The van der Waals surface area contributed by atoms with E-state index in [2.05, 4.69) is 10.3 Å². The van der Waals surface area contributed by atoms with Gasteiger partial charge in [-0.2, -0.15) is 5.26 Å². The number of anilines is 1. The number of alkyl halides is 2. The lowest BCUT2D eigenvalue weighted by Crippen LogP contribution is -2.39. The molecule has 2 aliphatic rings. The predicted octanol–water partition coefficient (Wildman–Crippen LogP) is 5.92. The Labute approximate surface area is 214 Å². The van der Waals surface area contributed by atoms with Crippen LogP contribution in [0, 0.1) is 31.1 Å². The Morgan fingerprint density at radius 1 is 1.25 bits per heavy atom. The number of halogens is 3. The lowest BCUT2D eigenvalue weighted by Gasteiger charge is -2.30. The number of carbonyl (C=O) groups is 2. The highest BCUT2D eigenvalue weighted by atomic mass is 35.5. The Balaban J connectivity index is 1.45. The fourth-order valence-electron chi connectivity index (χ4n) is 4.74. The first-order valence-corrected chi connectivity index (χ1v) is 12.3. The number of carbonyl (C=O) groups excluding carboxylic acids is 2. The predicted molar refractivity (Wildman–Crippen MR) is 134 cm³/mol. The van der Waals surface area contributed by atoms with Crippen molar-refractivity contribution in [3.63, 3.8) is 0 Å². The highest BCUT2D eigenvalue weighted by Crippen LogP contribution is 2.40. The number of aryl methyl sites for hydroxylation is 1. The van der Waals surface area contributed by atoms with Gasteiger partial charge in [-0.15, -0.1) is 0 Å². The van der Waals surface area contributed by atoms with Gasteiger partial charge >= 0.3 is 0 Å². The Morgan fingerprint density at radius 2 is 1.97 bits per heavy atom. The Bertz CT molecular complexity index is 1280. The van der Waals surface area contributed by atoms with Crippen LogP contribution in [0.1, 0.15) is 64.8 Å². The van der Waals surface area contributed by atoms with Crippen molar-refractivity contribution < 1.29 is 18.4 Å². The zero-order chi connectivity index (χ0) is 26.0. The molecule has 6 nitrogen and oxygen atoms in total. The molecule has 1 aliphatic heterocycles. The molecule has 2 amide bonds. The molecule has 0 unspecified atom stereocenters. The molecule has 1 atom stereocenters. The molecule has 1 aliphatic carbocycles. The summed E-state index contributed by atoms with van der Waals surface area (Å²) < 4.78 is 27.0. The van der Waals surface area contributed by atoms with E-state index in [9.17, 15) is 23.6 Å². The minimum Gasteiger partial charge on any atom is -0.342 e. The highest BCUT2D eigenvalue weighted by molar-refractivity contribution is 6.31. The maximum absolute atomic E-state index is 13.5. The third kappa shape index (κ3) is 5.73. The quantitative estimate of drug-likeness (QED) is 0.551. The molecule has 2 fully saturated rings. The van der Waals surface area contributed by atoms with Crippen LogP contribution in [0.15, 0.2) is 30.0 Å². The fourth-order valence-corrected chi connectivity index (χ4v) is 4.97. The number of pyridine rings is 1. The van der Waals surface area contributed by atoms with Gasteiger partial charge in [0.05, 0.1) is 16.8 Å². The van der Waals surface area contributed by atoms with Crippen LogP contribution in [0.5, 0.6) is 0 Å². The lowest BCUT2D eigenvalue weighted by molar-refractivity contribution is -0.136. The van der Waals surface area contributed by atoms with Gasteiger partial charge in [-0.1, -0.05) is 23.3 Å². The zero-order valence-corrected chi connectivity index (χ0v) is 21.0. The maximum atomic E-state index is 13.5. The summed E-state index contributed by atoms with van der Waals surface area (Å²) in [5, 5.41) is 12.5. The van der Waals surface area contributed by atoms with E-state index in [1.165, 1.54) is 12.3 Å². The van der Waals surface area contributed by atoms with Crippen molar-refractivity contribution in [3.05, 3.63) is 62.9 Å². The van der Waals surface area contributed by atoms with E-state index in [1.807, 2.05) is 25.1 Å². The van der Waals surface area contributed by atoms with Crippen LogP contribution in [0.3, 0.4) is 0 Å². The van der Waals surface area contributed by atoms with Gasteiger partial charge in [0.25, 0.3) is 5.91 Å². The van der Waals surface area contributed by atoms with Crippen molar-refractivity contribution in [1.29, 1.82) is 5.26 Å². The molecule has 1 aromatic carbocycles. The zero-order valence-electron chi connectivity index (χ0n) is 20.2. The van der Waals surface area contributed by atoms with Crippen LogP contribution in [0.2, 0.25) is 5.02 Å². The standard InChI is InChI=1S/C27H27ClF2N4O2/c1-16-20(9-18-4-7-34(8-5-18)26(36)19-3-6-27(29,30)13-19)11-23(28)12-24(16)33-25(35)22-10-21(14-31)17(2)32-15-22/h9-12,15,19H,3-8,13H2,1-2H3,(H,33,35)/t19-/m0/s1. The molecule has 36 heavy (non-hydrogen) atoms. The topological polar surface area (TPSA) is 86.1 Å². The molecule has 1 N–H and O–H groups in total. The molecule has 0 bridgehead atoms. The molecule has 0 radical (unpaired) electrons. The summed E-state index contributed by atoms with van der Waals surface area (Å²) in [7, 11) is 0. The SMILES string of the molecule is Cc1ncc(C(=O)Nc2cc(Cl)cc(C=C3CCN(C(=O)[C@H]4CCC(F)(F)C4)CC3)c2C)cc1C#N. The summed E-state index contributed by atoms with van der Waals surface area (Å²) in [5.41, 5.74) is 4.51. The van der Waals surface area contributed by atoms with Gasteiger partial charge in [0.2, 0.25) is 11.8 Å². The van der Waals surface area contributed by atoms with Crippen LogP contribution in [-0.4, -0.2) is 40.7 Å². The Kier molecular flexibility index (Phi) is 7.41. The lowest BCUT2D eigenvalue weighted by atomic mass is 9.96. The fraction of sp³-hybridized carbons (Fsp3) is 0.407. The second-order valence-corrected chi connectivity index (χ2v) is 9.95. The van der Waals surface area contributed by atoms with Crippen molar-refractivity contribution in [2.45, 2.75) is 51.9 Å². The van der Waals surface area contributed by atoms with Crippen LogP contribution >= 0.6 is 11.6 Å². The number of rotatable bonds is 4. The second kappa shape index (κ2) is 10.4. The molecule has 2 aromatic rings. The summed E-state index contributed by atoms with van der Waals surface area (Å²) in [6.07, 6.45) is 4.42. The normalized spacial score (nSPS) is 19.1. The van der Waals surface area contributed by atoms with Gasteiger partial charge in [-0.05, 0) is 62.4 Å². The van der Waals surface area contributed by atoms with E-state index in [-0.39, 0.29) is 30.7 Å². The first kappa shape index (κ1) is 25.8. The van der Waals surface area contributed by atoms with Crippen LogP contribution in [-0.2, 0) is 4.79 Å². The largest absolute Gasteiger partial charge is 0.342 e. The van der Waals surface area contributed by atoms with Gasteiger partial charge in [0.15, 0.2) is 0 Å². The summed E-state index contributed by atoms with van der Waals surface area (Å²) in [5.74, 6) is -3.88. The average molecular weight is 513 g/mol. The van der Waals surface area contributed by atoms with Crippen LogP contribution in [0.4, 0.5) is 14.5 Å². The second-order valence-electron chi connectivity index (χ2n) is 9.51. The van der Waals surface area contributed by atoms with E-state index >= 15 is 0 Å². The Morgan fingerprint density at radius 3 is 2.61 bits per heavy atom. The molecule has 1 saturated carbocycles. The average Bonchev–Trinajstić information content (AvgIpc) is 3.21. The third-order valence-corrected chi connectivity index (χ3v) is 7.18. The highest BCUT2D eigenvalue weighted by Gasteiger charge is 2.43. The van der Waals surface area contributed by atoms with E-state index in [0.717, 1.165) is 16.7 Å². The van der Waals surface area contributed by atoms with Crippen molar-refractivity contribution in [2.75, 3.05) is 18.4 Å². The molecular weight excluding hydrogens is 486 g/mol. The van der Waals surface area contributed by atoms with Gasteiger partial charge in [-0.25, -0.2) is 8.78 Å². The van der Waals surface area contributed by atoms with Crippen LogP contribution < -0.4 is 5.32 Å². The number of nitriles is 1. The number of aromatic nitrogens is 1. The molecule has 1 saturated heterocycles. The smallest absolute Gasteiger partial charge is 0.257 e. The minimum absolute atomic E-state index is 0.166. The number of hydrogen-bond donors (Lipinski definition) is 1. The summed E-state index contributed by atoms with van der Waals surface area (Å²) >= 11 is 6.35.